The van der Waals surface area contributed by atoms with E-state index in [9.17, 15) is 4.79 Å². The first-order valence-electron chi connectivity index (χ1n) is 7.32. The molecule has 2 atom stereocenters. The predicted octanol–water partition coefficient (Wildman–Crippen LogP) is 1.82. The van der Waals surface area contributed by atoms with Gasteiger partial charge in [0.25, 0.3) is 5.91 Å². The zero-order valence-electron chi connectivity index (χ0n) is 12.1. The number of aromatic nitrogens is 2. The van der Waals surface area contributed by atoms with E-state index in [-0.39, 0.29) is 18.0 Å². The molecule has 5 nitrogen and oxygen atoms in total. The molecule has 2 N–H and O–H groups in total. The van der Waals surface area contributed by atoms with Gasteiger partial charge in [-0.25, -0.2) is 4.68 Å². The molecule has 1 aromatic heterocycles. The summed E-state index contributed by atoms with van der Waals surface area (Å²) in [5.74, 6) is 0.0726. The van der Waals surface area contributed by atoms with Gasteiger partial charge in [0, 0.05) is 36.6 Å². The van der Waals surface area contributed by atoms with Gasteiger partial charge in [-0.05, 0) is 44.0 Å². The lowest BCUT2D eigenvalue weighted by atomic mass is 9.98. The summed E-state index contributed by atoms with van der Waals surface area (Å²) in [5.41, 5.74) is 7.56. The van der Waals surface area contributed by atoms with E-state index in [4.69, 9.17) is 5.73 Å². The Bertz CT molecular complexity index is 623. The number of piperidine rings is 1. The van der Waals surface area contributed by atoms with Gasteiger partial charge < -0.3 is 10.6 Å². The highest BCUT2D eigenvalue weighted by Gasteiger charge is 2.27. The molecule has 1 fully saturated rings. The number of nitrogens with zero attached hydrogens (tertiary/aromatic N) is 3. The molecule has 0 unspecified atom stereocenters. The standard InChI is InChI=1S/C16H20N4O/c1-12-10-14(17)6-9-19(12)16(21)13-4-2-5-15(11-13)20-8-3-7-18-20/h2-5,7-8,11-12,14H,6,9-10,17H2,1H3/t12-,14-/m0/s1. The van der Waals surface area contributed by atoms with Gasteiger partial charge in [0.1, 0.15) is 0 Å². The molecule has 2 heterocycles. The maximum Gasteiger partial charge on any atom is 0.254 e. The molecule has 1 aliphatic heterocycles. The monoisotopic (exact) mass is 284 g/mol. The number of carbonyl (C=O) groups excluding carboxylic acids is 1. The van der Waals surface area contributed by atoms with Crippen molar-refractivity contribution in [1.82, 2.24) is 14.7 Å². The third-order valence-electron chi connectivity index (χ3n) is 4.04. The second kappa shape index (κ2) is 5.69. The van der Waals surface area contributed by atoms with E-state index in [1.54, 1.807) is 10.9 Å². The topological polar surface area (TPSA) is 64.2 Å². The summed E-state index contributed by atoms with van der Waals surface area (Å²) < 4.78 is 1.76. The van der Waals surface area contributed by atoms with Crippen LogP contribution in [0.5, 0.6) is 0 Å². The first-order valence-corrected chi connectivity index (χ1v) is 7.32. The normalized spacial score (nSPS) is 22.3. The minimum absolute atomic E-state index is 0.0726. The first-order chi connectivity index (χ1) is 10.1. The van der Waals surface area contributed by atoms with Crippen molar-refractivity contribution in [2.75, 3.05) is 6.54 Å². The Hall–Kier alpha value is -2.14. The molecule has 0 radical (unpaired) electrons. The maximum atomic E-state index is 12.7. The van der Waals surface area contributed by atoms with E-state index in [0.717, 1.165) is 25.1 Å². The average Bonchev–Trinajstić information content (AvgIpc) is 3.01. The number of amides is 1. The van der Waals surface area contributed by atoms with Crippen LogP contribution < -0.4 is 5.73 Å². The Morgan fingerprint density at radius 2 is 2.24 bits per heavy atom. The summed E-state index contributed by atoms with van der Waals surface area (Å²) in [7, 11) is 0. The molecule has 2 aromatic rings. The van der Waals surface area contributed by atoms with Crippen LogP contribution in [0.25, 0.3) is 5.69 Å². The molecule has 110 valence electrons. The minimum Gasteiger partial charge on any atom is -0.336 e. The highest BCUT2D eigenvalue weighted by Crippen LogP contribution is 2.20. The Morgan fingerprint density at radius 3 is 2.95 bits per heavy atom. The van der Waals surface area contributed by atoms with Crippen molar-refractivity contribution in [2.45, 2.75) is 31.8 Å². The molecule has 0 bridgehead atoms. The molecular weight excluding hydrogens is 264 g/mol. The number of hydrogen-bond donors (Lipinski definition) is 1. The number of rotatable bonds is 2. The number of likely N-dealkylation sites (tertiary alicyclic amines) is 1. The molecule has 1 amide bonds. The van der Waals surface area contributed by atoms with Crippen molar-refractivity contribution >= 4 is 5.91 Å². The number of benzene rings is 1. The largest absolute Gasteiger partial charge is 0.336 e. The third kappa shape index (κ3) is 2.83. The quantitative estimate of drug-likeness (QED) is 0.915. The van der Waals surface area contributed by atoms with Crippen molar-refractivity contribution in [3.05, 3.63) is 48.3 Å². The van der Waals surface area contributed by atoms with Gasteiger partial charge in [-0.1, -0.05) is 6.07 Å². The molecule has 21 heavy (non-hydrogen) atoms. The Labute approximate surface area is 124 Å². The highest BCUT2D eigenvalue weighted by molar-refractivity contribution is 5.95. The van der Waals surface area contributed by atoms with Crippen molar-refractivity contribution in [2.24, 2.45) is 5.73 Å². The number of hydrogen-bond acceptors (Lipinski definition) is 3. The first kappa shape index (κ1) is 13.8. The SMILES string of the molecule is C[C@H]1C[C@@H](N)CCN1C(=O)c1cccc(-n2cccn2)c1. The van der Waals surface area contributed by atoms with Gasteiger partial charge in [0.05, 0.1) is 5.69 Å². The molecule has 0 saturated carbocycles. The van der Waals surface area contributed by atoms with Crippen molar-refractivity contribution < 1.29 is 4.79 Å². The van der Waals surface area contributed by atoms with E-state index >= 15 is 0 Å². The minimum atomic E-state index is 0.0726. The second-order valence-corrected chi connectivity index (χ2v) is 5.63. The zero-order valence-corrected chi connectivity index (χ0v) is 12.1. The smallest absolute Gasteiger partial charge is 0.254 e. The molecule has 3 rings (SSSR count). The fourth-order valence-corrected chi connectivity index (χ4v) is 2.88. The average molecular weight is 284 g/mol. The van der Waals surface area contributed by atoms with Crippen LogP contribution >= 0.6 is 0 Å². The fourth-order valence-electron chi connectivity index (χ4n) is 2.88. The van der Waals surface area contributed by atoms with E-state index in [1.807, 2.05) is 41.4 Å². The van der Waals surface area contributed by atoms with Gasteiger partial charge in [-0.3, -0.25) is 4.79 Å². The number of carbonyl (C=O) groups is 1. The van der Waals surface area contributed by atoms with E-state index in [0.29, 0.717) is 5.56 Å². The van der Waals surface area contributed by atoms with Crippen LogP contribution in [0.4, 0.5) is 0 Å². The van der Waals surface area contributed by atoms with Crippen LogP contribution in [0.3, 0.4) is 0 Å². The Balaban J connectivity index is 1.83. The van der Waals surface area contributed by atoms with Gasteiger partial charge in [0.2, 0.25) is 0 Å². The molecular formula is C16H20N4O. The van der Waals surface area contributed by atoms with Crippen molar-refractivity contribution in [3.63, 3.8) is 0 Å². The lowest BCUT2D eigenvalue weighted by molar-refractivity contribution is 0.0619. The Morgan fingerprint density at radius 1 is 1.38 bits per heavy atom. The highest BCUT2D eigenvalue weighted by atomic mass is 16.2. The molecule has 0 aliphatic carbocycles. The van der Waals surface area contributed by atoms with Gasteiger partial charge >= 0.3 is 0 Å². The van der Waals surface area contributed by atoms with Crippen molar-refractivity contribution in [3.8, 4) is 5.69 Å². The lowest BCUT2D eigenvalue weighted by Gasteiger charge is -2.36. The van der Waals surface area contributed by atoms with E-state index in [1.165, 1.54) is 0 Å². The molecule has 5 heteroatoms. The molecule has 0 spiro atoms. The molecule has 1 aliphatic rings. The lowest BCUT2D eigenvalue weighted by Crippen LogP contribution is -2.48. The van der Waals surface area contributed by atoms with Gasteiger partial charge in [-0.15, -0.1) is 0 Å². The van der Waals surface area contributed by atoms with Crippen LogP contribution in [0.1, 0.15) is 30.1 Å². The predicted molar refractivity (Wildman–Crippen MR) is 81.3 cm³/mol. The summed E-state index contributed by atoms with van der Waals surface area (Å²) in [5, 5.41) is 4.20. The van der Waals surface area contributed by atoms with E-state index < -0.39 is 0 Å². The van der Waals surface area contributed by atoms with Crippen molar-refractivity contribution in [1.29, 1.82) is 0 Å². The maximum absolute atomic E-state index is 12.7. The fraction of sp³-hybridized carbons (Fsp3) is 0.375. The van der Waals surface area contributed by atoms with Crippen LogP contribution in [0.2, 0.25) is 0 Å². The number of nitrogens with two attached hydrogens (primary N) is 1. The Kier molecular flexibility index (Phi) is 3.75. The summed E-state index contributed by atoms with van der Waals surface area (Å²) in [6.07, 6.45) is 5.33. The van der Waals surface area contributed by atoms with Crippen LogP contribution in [-0.4, -0.2) is 39.2 Å². The van der Waals surface area contributed by atoms with Crippen LogP contribution in [0.15, 0.2) is 42.7 Å². The van der Waals surface area contributed by atoms with Gasteiger partial charge in [-0.2, -0.15) is 5.10 Å². The second-order valence-electron chi connectivity index (χ2n) is 5.63. The van der Waals surface area contributed by atoms with Crippen LogP contribution in [0, 0.1) is 0 Å². The summed E-state index contributed by atoms with van der Waals surface area (Å²) >= 11 is 0. The summed E-state index contributed by atoms with van der Waals surface area (Å²) in [4.78, 5) is 14.6. The summed E-state index contributed by atoms with van der Waals surface area (Å²) in [6, 6.07) is 9.84. The third-order valence-corrected chi connectivity index (χ3v) is 4.04. The van der Waals surface area contributed by atoms with Gasteiger partial charge in [0.15, 0.2) is 0 Å². The molecule has 1 saturated heterocycles. The molecule has 1 aromatic carbocycles. The van der Waals surface area contributed by atoms with E-state index in [2.05, 4.69) is 12.0 Å². The summed E-state index contributed by atoms with van der Waals surface area (Å²) in [6.45, 7) is 2.79. The zero-order chi connectivity index (χ0) is 14.8. The van der Waals surface area contributed by atoms with Crippen LogP contribution in [-0.2, 0) is 0 Å².